The van der Waals surface area contributed by atoms with Crippen molar-refractivity contribution in [2.75, 3.05) is 11.9 Å². The number of nitro benzene ring substituents is 1. The number of aryl methyl sites for hydroxylation is 3. The Morgan fingerprint density at radius 2 is 1.74 bits per heavy atom. The topological polar surface area (TPSA) is 119 Å². The molecule has 3 amide bonds. The van der Waals surface area contributed by atoms with Gasteiger partial charge in [0.1, 0.15) is 18.9 Å². The summed E-state index contributed by atoms with van der Waals surface area (Å²) in [5.74, 6) is -0.463. The fourth-order valence-corrected chi connectivity index (χ4v) is 4.90. The lowest BCUT2D eigenvalue weighted by Gasteiger charge is -2.15. The number of carbonyl (C=O) groups excluding carboxylic acids is 3. The summed E-state index contributed by atoms with van der Waals surface area (Å²) in [7, 11) is 0. The minimum Gasteiger partial charge on any atom is -0.489 e. The lowest BCUT2D eigenvalue weighted by Crippen LogP contribution is -2.36. The van der Waals surface area contributed by atoms with Gasteiger partial charge in [-0.25, -0.2) is 0 Å². The van der Waals surface area contributed by atoms with Crippen LogP contribution in [0.2, 0.25) is 0 Å². The first-order chi connectivity index (χ1) is 18.1. The maximum Gasteiger partial charge on any atom is 0.294 e. The van der Waals surface area contributed by atoms with Crippen LogP contribution in [0.1, 0.15) is 27.8 Å². The fraction of sp³-hybridized carbons (Fsp3) is 0.179. The van der Waals surface area contributed by atoms with Crippen LogP contribution in [0.5, 0.6) is 5.75 Å². The van der Waals surface area contributed by atoms with E-state index in [0.717, 1.165) is 38.9 Å². The molecule has 0 unspecified atom stereocenters. The molecule has 1 aliphatic rings. The van der Waals surface area contributed by atoms with Gasteiger partial charge in [-0.3, -0.25) is 29.4 Å². The number of anilines is 1. The van der Waals surface area contributed by atoms with Gasteiger partial charge in [0.2, 0.25) is 5.91 Å². The summed E-state index contributed by atoms with van der Waals surface area (Å²) in [6.07, 6.45) is 1.58. The van der Waals surface area contributed by atoms with E-state index in [1.807, 2.05) is 32.9 Å². The predicted molar refractivity (Wildman–Crippen MR) is 146 cm³/mol. The van der Waals surface area contributed by atoms with Crippen molar-refractivity contribution in [3.8, 4) is 5.75 Å². The Bertz CT molecular complexity index is 1440. The van der Waals surface area contributed by atoms with Crippen LogP contribution in [-0.2, 0) is 16.2 Å². The van der Waals surface area contributed by atoms with E-state index in [0.29, 0.717) is 17.0 Å². The Kier molecular flexibility index (Phi) is 7.92. The van der Waals surface area contributed by atoms with Gasteiger partial charge in [-0.05, 0) is 85.1 Å². The van der Waals surface area contributed by atoms with Crippen LogP contribution in [0.4, 0.5) is 16.2 Å². The summed E-state index contributed by atoms with van der Waals surface area (Å²) in [6, 6.07) is 16.9. The Balaban J connectivity index is 1.40. The number of amides is 3. The average molecular weight is 532 g/mol. The van der Waals surface area contributed by atoms with Gasteiger partial charge in [0.15, 0.2) is 0 Å². The quantitative estimate of drug-likeness (QED) is 0.222. The van der Waals surface area contributed by atoms with Crippen molar-refractivity contribution in [2.24, 2.45) is 0 Å². The summed E-state index contributed by atoms with van der Waals surface area (Å²) >= 11 is 0.776. The number of nitrogens with one attached hydrogen (secondary N) is 1. The van der Waals surface area contributed by atoms with Gasteiger partial charge in [0, 0.05) is 17.8 Å². The third kappa shape index (κ3) is 6.27. The number of ether oxygens (including phenoxy) is 1. The third-order valence-corrected chi connectivity index (χ3v) is 6.73. The molecule has 0 bridgehead atoms. The Labute approximate surface area is 223 Å². The number of non-ortho nitro benzene ring substituents is 1. The molecule has 0 atom stereocenters. The molecule has 3 aromatic rings. The largest absolute Gasteiger partial charge is 0.489 e. The van der Waals surface area contributed by atoms with Crippen molar-refractivity contribution < 1.29 is 24.0 Å². The average Bonchev–Trinajstić information content (AvgIpc) is 3.12. The van der Waals surface area contributed by atoms with Gasteiger partial charge >= 0.3 is 0 Å². The number of imide groups is 1. The van der Waals surface area contributed by atoms with Crippen LogP contribution in [-0.4, -0.2) is 33.4 Å². The van der Waals surface area contributed by atoms with Gasteiger partial charge in [-0.2, -0.15) is 0 Å². The number of benzene rings is 3. The molecule has 9 nitrogen and oxygen atoms in total. The Morgan fingerprint density at radius 1 is 1.05 bits per heavy atom. The van der Waals surface area contributed by atoms with E-state index in [1.165, 1.54) is 12.1 Å². The molecule has 0 saturated carbocycles. The first-order valence-electron chi connectivity index (χ1n) is 11.7. The van der Waals surface area contributed by atoms with Crippen molar-refractivity contribution >= 4 is 46.3 Å². The van der Waals surface area contributed by atoms with E-state index in [-0.39, 0.29) is 23.7 Å². The summed E-state index contributed by atoms with van der Waals surface area (Å²) in [5, 5.41) is 13.1. The summed E-state index contributed by atoms with van der Waals surface area (Å²) in [5.41, 5.74) is 4.97. The maximum atomic E-state index is 12.9. The monoisotopic (exact) mass is 531 g/mol. The minimum atomic E-state index is -0.537. The highest BCUT2D eigenvalue weighted by molar-refractivity contribution is 8.18. The highest BCUT2D eigenvalue weighted by Gasteiger charge is 2.36. The van der Waals surface area contributed by atoms with Crippen LogP contribution in [0.25, 0.3) is 6.08 Å². The first-order valence-corrected chi connectivity index (χ1v) is 12.5. The van der Waals surface area contributed by atoms with E-state index in [2.05, 4.69) is 5.32 Å². The molecule has 1 N–H and O–H groups in total. The van der Waals surface area contributed by atoms with E-state index in [4.69, 9.17) is 4.74 Å². The number of hydrogen-bond acceptors (Lipinski definition) is 7. The number of nitrogens with zero attached hydrogens (tertiary/aromatic N) is 2. The SMILES string of the molecule is Cc1cc(C)c(NC(=O)CN2C(=O)S/C(=C/c3cccc(OCc4ccc([N+](=O)[O-])cc4)c3)C2=O)c(C)c1. The van der Waals surface area contributed by atoms with Crippen molar-refractivity contribution in [2.45, 2.75) is 27.4 Å². The molecule has 0 aliphatic carbocycles. The molecule has 0 aromatic heterocycles. The van der Waals surface area contributed by atoms with Crippen LogP contribution in [0, 0.1) is 30.9 Å². The molecule has 1 aliphatic heterocycles. The number of hydrogen-bond donors (Lipinski definition) is 1. The van der Waals surface area contributed by atoms with Crippen molar-refractivity contribution in [1.82, 2.24) is 4.90 Å². The predicted octanol–water partition coefficient (Wildman–Crippen LogP) is 5.77. The van der Waals surface area contributed by atoms with Crippen LogP contribution >= 0.6 is 11.8 Å². The molecule has 1 fully saturated rings. The highest BCUT2D eigenvalue weighted by Crippen LogP contribution is 2.33. The zero-order chi connectivity index (χ0) is 27.4. The second-order valence-electron chi connectivity index (χ2n) is 8.87. The maximum absolute atomic E-state index is 12.9. The summed E-state index contributed by atoms with van der Waals surface area (Å²) in [4.78, 5) is 49.6. The molecule has 194 valence electrons. The lowest BCUT2D eigenvalue weighted by atomic mass is 10.1. The minimum absolute atomic E-state index is 0.00236. The number of nitro groups is 1. The molecular weight excluding hydrogens is 506 g/mol. The van der Waals surface area contributed by atoms with Gasteiger partial charge in [-0.15, -0.1) is 0 Å². The molecule has 0 spiro atoms. The Hall–Kier alpha value is -4.44. The lowest BCUT2D eigenvalue weighted by molar-refractivity contribution is -0.384. The summed E-state index contributed by atoms with van der Waals surface area (Å²) in [6.45, 7) is 5.57. The molecule has 4 rings (SSSR count). The van der Waals surface area contributed by atoms with E-state index >= 15 is 0 Å². The zero-order valence-corrected chi connectivity index (χ0v) is 21.8. The van der Waals surface area contributed by atoms with Crippen LogP contribution in [0.3, 0.4) is 0 Å². The molecular formula is C28H25N3O6S. The van der Waals surface area contributed by atoms with Gasteiger partial charge < -0.3 is 10.1 Å². The molecule has 1 heterocycles. The van der Waals surface area contributed by atoms with Gasteiger partial charge in [0.05, 0.1) is 9.83 Å². The third-order valence-electron chi connectivity index (χ3n) is 5.83. The van der Waals surface area contributed by atoms with E-state index < -0.39 is 22.0 Å². The fourth-order valence-electron chi connectivity index (χ4n) is 4.06. The molecule has 10 heteroatoms. The Morgan fingerprint density at radius 3 is 2.39 bits per heavy atom. The van der Waals surface area contributed by atoms with E-state index in [9.17, 15) is 24.5 Å². The smallest absolute Gasteiger partial charge is 0.294 e. The zero-order valence-electron chi connectivity index (χ0n) is 21.0. The number of carbonyl (C=O) groups is 3. The normalized spacial score (nSPS) is 14.2. The molecule has 38 heavy (non-hydrogen) atoms. The van der Waals surface area contributed by atoms with Gasteiger partial charge in [-0.1, -0.05) is 29.8 Å². The van der Waals surface area contributed by atoms with Gasteiger partial charge in [0.25, 0.3) is 16.8 Å². The van der Waals surface area contributed by atoms with Crippen molar-refractivity contribution in [3.63, 3.8) is 0 Å². The van der Waals surface area contributed by atoms with Crippen LogP contribution in [0.15, 0.2) is 65.6 Å². The van der Waals surface area contributed by atoms with Crippen molar-refractivity contribution in [3.05, 3.63) is 104 Å². The van der Waals surface area contributed by atoms with Crippen molar-refractivity contribution in [1.29, 1.82) is 0 Å². The number of rotatable bonds is 8. The molecule has 1 saturated heterocycles. The second kappa shape index (κ2) is 11.3. The molecule has 0 radical (unpaired) electrons. The second-order valence-corrected chi connectivity index (χ2v) is 9.87. The summed E-state index contributed by atoms with van der Waals surface area (Å²) < 4.78 is 5.78. The van der Waals surface area contributed by atoms with Crippen LogP contribution < -0.4 is 10.1 Å². The first kappa shape index (κ1) is 26.6. The standard InChI is InChI=1S/C28H25N3O6S/c1-17-11-18(2)26(19(3)12-17)29-25(32)15-30-27(33)24(38-28(30)34)14-21-5-4-6-23(13-21)37-16-20-7-9-22(10-8-20)31(35)36/h4-14H,15-16H2,1-3H3,(H,29,32)/b24-14+. The van der Waals surface area contributed by atoms with E-state index in [1.54, 1.807) is 42.5 Å². The molecule has 3 aromatic carbocycles. The highest BCUT2D eigenvalue weighted by atomic mass is 32.2. The number of thioether (sulfide) groups is 1.